The Labute approximate surface area is 78.1 Å². The molecular weight excluding hydrogens is 181 g/mol. The van der Waals surface area contributed by atoms with E-state index in [0.717, 1.165) is 23.2 Å². The second-order valence-corrected chi connectivity index (χ2v) is 3.53. The fourth-order valence-electron chi connectivity index (χ4n) is 0.588. The maximum Gasteiger partial charge on any atom is 0.0959 e. The van der Waals surface area contributed by atoms with Gasteiger partial charge in [0.15, 0.2) is 0 Å². The van der Waals surface area contributed by atoms with Crippen molar-refractivity contribution in [2.45, 2.75) is 13.8 Å². The topological polar surface area (TPSA) is 16.6 Å². The first-order valence-electron chi connectivity index (χ1n) is 3.59. The van der Waals surface area contributed by atoms with Crippen LogP contribution in [0.5, 0.6) is 0 Å². The lowest BCUT2D eigenvalue weighted by Crippen LogP contribution is -2.83. The molecule has 0 saturated carbocycles. The molecule has 0 spiro atoms. The molecule has 0 fully saturated rings. The third-order valence-electron chi connectivity index (χ3n) is 1.13. The molecule has 0 atom stereocenters. The molecule has 1 nitrogen and oxygen atoms in total. The summed E-state index contributed by atoms with van der Waals surface area (Å²) < 4.78 is 0. The minimum Gasteiger partial charge on any atom is -0.340 e. The van der Waals surface area contributed by atoms with Gasteiger partial charge in [0.25, 0.3) is 0 Å². The summed E-state index contributed by atoms with van der Waals surface area (Å²) in [6.07, 6.45) is 3.94. The Morgan fingerprint density at radius 1 is 1.09 bits per heavy atom. The van der Waals surface area contributed by atoms with Crippen molar-refractivity contribution in [3.63, 3.8) is 0 Å². The van der Waals surface area contributed by atoms with Gasteiger partial charge in [-0.3, -0.25) is 0 Å². The van der Waals surface area contributed by atoms with Crippen molar-refractivity contribution < 1.29 is 5.32 Å². The monoisotopic (exact) mass is 194 g/mol. The van der Waals surface area contributed by atoms with Crippen LogP contribution in [0.4, 0.5) is 0 Å². The normalized spacial score (nSPS) is 13.8. The predicted molar refractivity (Wildman–Crippen MR) is 50.9 cm³/mol. The van der Waals surface area contributed by atoms with Crippen molar-refractivity contribution in [1.82, 2.24) is 0 Å². The quantitative estimate of drug-likeness (QED) is 0.659. The first-order chi connectivity index (χ1) is 5.13. The molecule has 0 saturated heterocycles. The second kappa shape index (κ2) is 6.71. The highest BCUT2D eigenvalue weighted by Gasteiger charge is 1.85. The van der Waals surface area contributed by atoms with Gasteiger partial charge >= 0.3 is 0 Å². The van der Waals surface area contributed by atoms with E-state index in [2.05, 4.69) is 5.32 Å². The van der Waals surface area contributed by atoms with E-state index >= 15 is 0 Å². The van der Waals surface area contributed by atoms with Crippen molar-refractivity contribution >= 4 is 23.2 Å². The molecule has 0 aromatic rings. The first kappa shape index (κ1) is 11.0. The van der Waals surface area contributed by atoms with Crippen LogP contribution < -0.4 is 5.32 Å². The largest absolute Gasteiger partial charge is 0.340 e. The van der Waals surface area contributed by atoms with Gasteiger partial charge in [0.2, 0.25) is 0 Å². The molecular formula is C8H14Cl2N+. The number of rotatable bonds is 4. The van der Waals surface area contributed by atoms with Gasteiger partial charge in [0.05, 0.1) is 13.1 Å². The zero-order chi connectivity index (χ0) is 8.69. The standard InChI is InChI=1S/C8H13Cl2N/c1-7(9)3-5-11-6-4-8(2)10/h3-4,11H,5-6H2,1-2H3/p+1/b7-3-,8-4-. The van der Waals surface area contributed by atoms with E-state index < -0.39 is 0 Å². The zero-order valence-corrected chi connectivity index (χ0v) is 8.41. The van der Waals surface area contributed by atoms with E-state index in [-0.39, 0.29) is 0 Å². The fraction of sp³-hybridized carbons (Fsp3) is 0.500. The molecule has 0 amide bonds. The predicted octanol–water partition coefficient (Wildman–Crippen LogP) is 1.83. The van der Waals surface area contributed by atoms with Crippen molar-refractivity contribution in [3.05, 3.63) is 22.2 Å². The third-order valence-corrected chi connectivity index (χ3v) is 1.44. The Kier molecular flexibility index (Phi) is 6.73. The molecule has 0 aromatic carbocycles. The van der Waals surface area contributed by atoms with Gasteiger partial charge in [0, 0.05) is 10.1 Å². The molecule has 2 N–H and O–H groups in total. The van der Waals surface area contributed by atoms with Gasteiger partial charge in [-0.15, -0.1) is 0 Å². The van der Waals surface area contributed by atoms with Crippen LogP contribution in [0.15, 0.2) is 22.2 Å². The van der Waals surface area contributed by atoms with E-state index in [0.29, 0.717) is 0 Å². The minimum absolute atomic E-state index is 0.841. The number of quaternary nitrogens is 1. The van der Waals surface area contributed by atoms with E-state index in [9.17, 15) is 0 Å². The summed E-state index contributed by atoms with van der Waals surface area (Å²) in [6.45, 7) is 5.57. The van der Waals surface area contributed by atoms with Crippen LogP contribution in [-0.2, 0) is 0 Å². The summed E-state index contributed by atoms with van der Waals surface area (Å²) in [5, 5.41) is 3.80. The Hall–Kier alpha value is 0.0200. The summed E-state index contributed by atoms with van der Waals surface area (Å²) in [5.41, 5.74) is 0. The molecule has 0 aliphatic carbocycles. The minimum atomic E-state index is 0.841. The molecule has 0 radical (unpaired) electrons. The summed E-state index contributed by atoms with van der Waals surface area (Å²) in [7, 11) is 0. The summed E-state index contributed by atoms with van der Waals surface area (Å²) in [4.78, 5) is 0. The number of hydrogen-bond acceptors (Lipinski definition) is 0. The SMILES string of the molecule is C/C(Cl)=C/C[NH2+]C/C=C(/C)Cl. The summed E-state index contributed by atoms with van der Waals surface area (Å²) >= 11 is 11.2. The average Bonchev–Trinajstić information content (AvgIpc) is 1.85. The van der Waals surface area contributed by atoms with Crippen molar-refractivity contribution in [1.29, 1.82) is 0 Å². The van der Waals surface area contributed by atoms with Crippen LogP contribution in [-0.4, -0.2) is 13.1 Å². The van der Waals surface area contributed by atoms with E-state index in [4.69, 9.17) is 23.2 Å². The lowest BCUT2D eigenvalue weighted by Gasteiger charge is -1.92. The Balaban J connectivity index is 3.29. The lowest BCUT2D eigenvalue weighted by molar-refractivity contribution is -0.636. The number of allylic oxidation sites excluding steroid dienone is 2. The molecule has 0 heterocycles. The van der Waals surface area contributed by atoms with E-state index in [1.807, 2.05) is 26.0 Å². The molecule has 0 bridgehead atoms. The van der Waals surface area contributed by atoms with Crippen molar-refractivity contribution in [3.8, 4) is 0 Å². The summed E-state index contributed by atoms with van der Waals surface area (Å²) in [5.74, 6) is 0. The van der Waals surface area contributed by atoms with Crippen LogP contribution >= 0.6 is 23.2 Å². The molecule has 0 aromatic heterocycles. The molecule has 0 aliphatic rings. The zero-order valence-electron chi connectivity index (χ0n) is 6.90. The molecule has 0 aliphatic heterocycles. The van der Waals surface area contributed by atoms with E-state index in [1.165, 1.54) is 0 Å². The van der Waals surface area contributed by atoms with Gasteiger partial charge < -0.3 is 5.32 Å². The van der Waals surface area contributed by atoms with Crippen molar-refractivity contribution in [2.75, 3.05) is 13.1 Å². The highest BCUT2D eigenvalue weighted by molar-refractivity contribution is 6.29. The Bertz CT molecular complexity index is 135. The highest BCUT2D eigenvalue weighted by atomic mass is 35.5. The van der Waals surface area contributed by atoms with Crippen LogP contribution in [0, 0.1) is 0 Å². The van der Waals surface area contributed by atoms with Gasteiger partial charge in [-0.2, -0.15) is 0 Å². The van der Waals surface area contributed by atoms with Crippen LogP contribution in [0.2, 0.25) is 0 Å². The average molecular weight is 195 g/mol. The highest BCUT2D eigenvalue weighted by Crippen LogP contribution is 1.95. The maximum absolute atomic E-state index is 5.62. The molecule has 64 valence electrons. The first-order valence-corrected chi connectivity index (χ1v) is 4.34. The third kappa shape index (κ3) is 10.0. The Morgan fingerprint density at radius 3 is 1.73 bits per heavy atom. The number of halogens is 2. The number of hydrogen-bond donors (Lipinski definition) is 1. The van der Waals surface area contributed by atoms with E-state index in [1.54, 1.807) is 0 Å². The maximum atomic E-state index is 5.62. The smallest absolute Gasteiger partial charge is 0.0959 e. The number of nitrogens with two attached hydrogens (primary N) is 1. The van der Waals surface area contributed by atoms with Gasteiger partial charge in [-0.25, -0.2) is 0 Å². The lowest BCUT2D eigenvalue weighted by atomic mass is 10.4. The molecule has 0 unspecified atom stereocenters. The van der Waals surface area contributed by atoms with Crippen LogP contribution in [0.1, 0.15) is 13.8 Å². The fourth-order valence-corrected chi connectivity index (χ4v) is 0.766. The molecule has 11 heavy (non-hydrogen) atoms. The van der Waals surface area contributed by atoms with Crippen LogP contribution in [0.25, 0.3) is 0 Å². The van der Waals surface area contributed by atoms with Crippen LogP contribution in [0.3, 0.4) is 0 Å². The molecule has 0 rings (SSSR count). The van der Waals surface area contributed by atoms with Gasteiger partial charge in [-0.05, 0) is 26.0 Å². The Morgan fingerprint density at radius 2 is 1.45 bits per heavy atom. The molecule has 3 heteroatoms. The van der Waals surface area contributed by atoms with Crippen molar-refractivity contribution in [2.24, 2.45) is 0 Å². The summed E-state index contributed by atoms with van der Waals surface area (Å²) in [6, 6.07) is 0. The van der Waals surface area contributed by atoms with Gasteiger partial charge in [-0.1, -0.05) is 23.2 Å². The second-order valence-electron chi connectivity index (χ2n) is 2.34. The van der Waals surface area contributed by atoms with Gasteiger partial charge in [0.1, 0.15) is 0 Å².